The molecule has 0 saturated carbocycles. The number of thiophene rings is 1. The first-order valence-corrected chi connectivity index (χ1v) is 10.1. The van der Waals surface area contributed by atoms with Crippen LogP contribution in [0.2, 0.25) is 0 Å². The summed E-state index contributed by atoms with van der Waals surface area (Å²) in [5.41, 5.74) is 0.864. The van der Waals surface area contributed by atoms with Gasteiger partial charge < -0.3 is 14.5 Å². The molecule has 4 heterocycles. The van der Waals surface area contributed by atoms with E-state index in [0.717, 1.165) is 29.6 Å². The zero-order chi connectivity index (χ0) is 17.9. The van der Waals surface area contributed by atoms with Crippen LogP contribution in [0.4, 0.5) is 5.95 Å². The van der Waals surface area contributed by atoms with E-state index in [1.807, 2.05) is 35.4 Å². The number of ether oxygens (including phenoxy) is 1. The van der Waals surface area contributed by atoms with Crippen molar-refractivity contribution in [1.29, 1.82) is 0 Å². The van der Waals surface area contributed by atoms with Crippen molar-refractivity contribution < 1.29 is 9.53 Å². The summed E-state index contributed by atoms with van der Waals surface area (Å²) in [6.45, 7) is 5.72. The van der Waals surface area contributed by atoms with Gasteiger partial charge >= 0.3 is 0 Å². The molecule has 2 aliphatic rings. The zero-order valence-electron chi connectivity index (χ0n) is 15.0. The van der Waals surface area contributed by atoms with Crippen LogP contribution in [0.5, 0.6) is 0 Å². The van der Waals surface area contributed by atoms with Crippen molar-refractivity contribution in [2.75, 3.05) is 37.7 Å². The summed E-state index contributed by atoms with van der Waals surface area (Å²) in [6.07, 6.45) is 3.99. The van der Waals surface area contributed by atoms with E-state index in [9.17, 15) is 4.79 Å². The molecule has 2 saturated heterocycles. The van der Waals surface area contributed by atoms with Gasteiger partial charge in [0.2, 0.25) is 11.9 Å². The third-order valence-corrected chi connectivity index (χ3v) is 6.16. The lowest BCUT2D eigenvalue weighted by molar-refractivity contribution is -0.140. The highest BCUT2D eigenvalue weighted by molar-refractivity contribution is 7.10. The number of hydrogen-bond acceptors (Lipinski definition) is 6. The first-order chi connectivity index (χ1) is 12.7. The maximum Gasteiger partial charge on any atom is 0.230 e. The second-order valence-electron chi connectivity index (χ2n) is 6.86. The van der Waals surface area contributed by atoms with Crippen LogP contribution in [0.1, 0.15) is 42.4 Å². The third kappa shape index (κ3) is 3.59. The number of anilines is 1. The molecule has 0 unspecified atom stereocenters. The second kappa shape index (κ2) is 7.72. The fraction of sp³-hybridized carbons (Fsp3) is 0.526. The van der Waals surface area contributed by atoms with Crippen LogP contribution in [0.3, 0.4) is 0 Å². The van der Waals surface area contributed by atoms with Gasteiger partial charge in [-0.2, -0.15) is 0 Å². The maximum absolute atomic E-state index is 12.9. The minimum Gasteiger partial charge on any atom is -0.368 e. The quantitative estimate of drug-likeness (QED) is 0.826. The van der Waals surface area contributed by atoms with E-state index in [4.69, 9.17) is 9.72 Å². The normalized spacial score (nSPS) is 21.8. The number of hydrogen-bond donors (Lipinski definition) is 0. The Balaban J connectivity index is 1.46. The monoisotopic (exact) mass is 372 g/mol. The van der Waals surface area contributed by atoms with E-state index in [2.05, 4.69) is 9.88 Å². The summed E-state index contributed by atoms with van der Waals surface area (Å²) in [5, 5.41) is 2.02. The molecule has 2 fully saturated rings. The Labute approximate surface area is 157 Å². The molecule has 1 amide bonds. The average molecular weight is 372 g/mol. The third-order valence-electron chi connectivity index (χ3n) is 5.10. The molecule has 26 heavy (non-hydrogen) atoms. The van der Waals surface area contributed by atoms with Crippen molar-refractivity contribution in [3.8, 4) is 0 Å². The van der Waals surface area contributed by atoms with Gasteiger partial charge in [0.1, 0.15) is 6.10 Å². The van der Waals surface area contributed by atoms with Gasteiger partial charge in [0.05, 0.1) is 24.8 Å². The smallest absolute Gasteiger partial charge is 0.230 e. The van der Waals surface area contributed by atoms with Gasteiger partial charge in [-0.05, 0) is 37.3 Å². The summed E-state index contributed by atoms with van der Waals surface area (Å²) in [4.78, 5) is 27.3. The summed E-state index contributed by atoms with van der Waals surface area (Å²) < 4.78 is 5.93. The molecule has 2 aliphatic heterocycles. The predicted molar refractivity (Wildman–Crippen MR) is 101 cm³/mol. The van der Waals surface area contributed by atoms with Crippen LogP contribution < -0.4 is 4.90 Å². The van der Waals surface area contributed by atoms with Gasteiger partial charge in [-0.1, -0.05) is 6.07 Å². The van der Waals surface area contributed by atoms with E-state index < -0.39 is 0 Å². The highest BCUT2D eigenvalue weighted by Gasteiger charge is 2.30. The Morgan fingerprint density at radius 2 is 2.15 bits per heavy atom. The van der Waals surface area contributed by atoms with Crippen LogP contribution in [-0.2, 0) is 9.53 Å². The topological polar surface area (TPSA) is 58.6 Å². The van der Waals surface area contributed by atoms with Crippen LogP contribution in [0.25, 0.3) is 0 Å². The maximum atomic E-state index is 12.9. The van der Waals surface area contributed by atoms with Crippen molar-refractivity contribution in [3.63, 3.8) is 0 Å². The Morgan fingerprint density at radius 3 is 2.92 bits per heavy atom. The first kappa shape index (κ1) is 17.4. The van der Waals surface area contributed by atoms with E-state index in [-0.39, 0.29) is 17.9 Å². The van der Waals surface area contributed by atoms with Gasteiger partial charge in [0.15, 0.2) is 0 Å². The Bertz CT molecular complexity index is 746. The highest BCUT2D eigenvalue weighted by Crippen LogP contribution is 2.27. The van der Waals surface area contributed by atoms with Crippen molar-refractivity contribution in [2.24, 2.45) is 0 Å². The highest BCUT2D eigenvalue weighted by atomic mass is 32.1. The zero-order valence-corrected chi connectivity index (χ0v) is 15.8. The van der Waals surface area contributed by atoms with E-state index in [1.165, 1.54) is 12.8 Å². The van der Waals surface area contributed by atoms with Gasteiger partial charge in [-0.3, -0.25) is 4.79 Å². The molecule has 0 aliphatic carbocycles. The minimum atomic E-state index is -0.187. The molecule has 2 atom stereocenters. The standard InChI is InChI=1S/C19H24N4O2S/c1-14(17-5-4-12-26-17)18(24)23-10-11-25-16(13-23)15-6-7-20-19(21-15)22-8-2-3-9-22/h4-7,12,14,16H,2-3,8-11,13H2,1H3/t14-,16-/m1/s1. The SMILES string of the molecule is C[C@@H](C(=O)N1CCO[C@@H](c2ccnc(N3CCCC3)n2)C1)c1cccs1. The molecule has 6 nitrogen and oxygen atoms in total. The summed E-state index contributed by atoms with van der Waals surface area (Å²) in [6, 6.07) is 5.92. The number of amides is 1. The summed E-state index contributed by atoms with van der Waals surface area (Å²) >= 11 is 1.63. The average Bonchev–Trinajstić information content (AvgIpc) is 3.41. The molecule has 0 aromatic carbocycles. The molecule has 7 heteroatoms. The largest absolute Gasteiger partial charge is 0.368 e. The molecule has 0 radical (unpaired) electrons. The molecule has 4 rings (SSSR count). The van der Waals surface area contributed by atoms with Gasteiger partial charge in [0.25, 0.3) is 0 Å². The molecule has 0 spiro atoms. The Kier molecular flexibility index (Phi) is 5.17. The fourth-order valence-electron chi connectivity index (χ4n) is 3.57. The van der Waals surface area contributed by atoms with Crippen molar-refractivity contribution in [1.82, 2.24) is 14.9 Å². The summed E-state index contributed by atoms with van der Waals surface area (Å²) in [5.74, 6) is 0.827. The molecular weight excluding hydrogens is 348 g/mol. The predicted octanol–water partition coefficient (Wildman–Crippen LogP) is 2.84. The van der Waals surface area contributed by atoms with Gasteiger partial charge in [-0.15, -0.1) is 11.3 Å². The fourth-order valence-corrected chi connectivity index (χ4v) is 4.35. The molecular formula is C19H24N4O2S. The van der Waals surface area contributed by atoms with Crippen molar-refractivity contribution in [2.45, 2.75) is 31.8 Å². The minimum absolute atomic E-state index is 0.112. The number of morpholine rings is 1. The lowest BCUT2D eigenvalue weighted by atomic mass is 10.1. The molecule has 2 aromatic heterocycles. The molecule has 0 bridgehead atoms. The molecule has 138 valence electrons. The van der Waals surface area contributed by atoms with Crippen LogP contribution >= 0.6 is 11.3 Å². The lowest BCUT2D eigenvalue weighted by Gasteiger charge is -2.34. The van der Waals surface area contributed by atoms with Crippen LogP contribution in [-0.4, -0.2) is 53.6 Å². The number of aromatic nitrogens is 2. The lowest BCUT2D eigenvalue weighted by Crippen LogP contribution is -2.44. The van der Waals surface area contributed by atoms with Gasteiger partial charge in [0, 0.05) is 30.7 Å². The van der Waals surface area contributed by atoms with Crippen LogP contribution in [0, 0.1) is 0 Å². The Morgan fingerprint density at radius 1 is 1.31 bits per heavy atom. The Hall–Kier alpha value is -1.99. The molecule has 0 N–H and O–H groups in total. The summed E-state index contributed by atoms with van der Waals surface area (Å²) in [7, 11) is 0. The van der Waals surface area contributed by atoms with Crippen molar-refractivity contribution >= 4 is 23.2 Å². The number of nitrogens with zero attached hydrogens (tertiary/aromatic N) is 4. The first-order valence-electron chi connectivity index (χ1n) is 9.24. The van der Waals surface area contributed by atoms with Crippen LogP contribution in [0.15, 0.2) is 29.8 Å². The second-order valence-corrected chi connectivity index (χ2v) is 7.84. The molecule has 2 aromatic rings. The van der Waals surface area contributed by atoms with E-state index in [0.29, 0.717) is 19.7 Å². The van der Waals surface area contributed by atoms with Gasteiger partial charge in [-0.25, -0.2) is 9.97 Å². The van der Waals surface area contributed by atoms with E-state index in [1.54, 1.807) is 17.5 Å². The number of carbonyl (C=O) groups excluding carboxylic acids is 1. The number of rotatable bonds is 4. The number of carbonyl (C=O) groups is 1. The van der Waals surface area contributed by atoms with E-state index >= 15 is 0 Å². The van der Waals surface area contributed by atoms with Crippen molar-refractivity contribution in [3.05, 3.63) is 40.3 Å².